The maximum absolute atomic E-state index is 10.0. The summed E-state index contributed by atoms with van der Waals surface area (Å²) in [6, 6.07) is 8.43. The van der Waals surface area contributed by atoms with E-state index in [0.717, 1.165) is 25.9 Å². The normalized spacial score (nSPS) is 23.7. The Kier molecular flexibility index (Phi) is 5.04. The number of likely N-dealkylation sites (tertiary alicyclic amines) is 1. The number of β-amino-alcohol motifs (C(OH)–C–C–N with tert-alkyl or cyclic N) is 1. The highest BCUT2D eigenvalue weighted by Crippen LogP contribution is 2.22. The lowest BCUT2D eigenvalue weighted by Crippen LogP contribution is -2.36. The highest BCUT2D eigenvalue weighted by Gasteiger charge is 2.35. The summed E-state index contributed by atoms with van der Waals surface area (Å²) in [5.41, 5.74) is 0.897. The molecule has 3 N–H and O–H groups in total. The van der Waals surface area contributed by atoms with E-state index in [4.69, 9.17) is 0 Å². The SMILES string of the molecule is CC(C)(O)CCc1ccc(CN2CC[C@](O)(CO)C2)cc1. The summed E-state index contributed by atoms with van der Waals surface area (Å²) in [5.74, 6) is 0. The molecule has 1 aliphatic heterocycles. The Balaban J connectivity index is 1.86. The summed E-state index contributed by atoms with van der Waals surface area (Å²) in [6.45, 7) is 5.64. The second kappa shape index (κ2) is 6.44. The first kappa shape index (κ1) is 16.4. The lowest BCUT2D eigenvalue weighted by Gasteiger charge is -2.21. The first-order valence-corrected chi connectivity index (χ1v) is 7.65. The smallest absolute Gasteiger partial charge is 0.102 e. The molecule has 0 saturated carbocycles. The number of aryl methyl sites for hydroxylation is 1. The monoisotopic (exact) mass is 293 g/mol. The summed E-state index contributed by atoms with van der Waals surface area (Å²) in [4.78, 5) is 2.17. The van der Waals surface area contributed by atoms with Gasteiger partial charge in [-0.2, -0.15) is 0 Å². The maximum atomic E-state index is 10.0. The van der Waals surface area contributed by atoms with Crippen LogP contribution in [0.5, 0.6) is 0 Å². The van der Waals surface area contributed by atoms with Crippen LogP contribution in [0.4, 0.5) is 0 Å². The summed E-state index contributed by atoms with van der Waals surface area (Å²) in [5, 5.41) is 28.9. The van der Waals surface area contributed by atoms with E-state index in [1.807, 2.05) is 13.8 Å². The average molecular weight is 293 g/mol. The van der Waals surface area contributed by atoms with E-state index in [1.54, 1.807) is 0 Å². The maximum Gasteiger partial charge on any atom is 0.102 e. The molecule has 0 bridgehead atoms. The van der Waals surface area contributed by atoms with Gasteiger partial charge in [0.1, 0.15) is 5.60 Å². The topological polar surface area (TPSA) is 63.9 Å². The second-order valence-electron chi connectivity index (χ2n) is 6.97. The zero-order valence-corrected chi connectivity index (χ0v) is 13.0. The molecule has 2 rings (SSSR count). The molecule has 1 saturated heterocycles. The summed E-state index contributed by atoms with van der Waals surface area (Å²) in [7, 11) is 0. The van der Waals surface area contributed by atoms with Crippen LogP contribution in [0.25, 0.3) is 0 Å². The Morgan fingerprint density at radius 1 is 1.19 bits per heavy atom. The van der Waals surface area contributed by atoms with Gasteiger partial charge in [-0.15, -0.1) is 0 Å². The molecule has 0 radical (unpaired) electrons. The lowest BCUT2D eigenvalue weighted by atomic mass is 9.98. The molecule has 1 aliphatic rings. The molecule has 0 aromatic heterocycles. The molecule has 0 aliphatic carbocycles. The minimum Gasteiger partial charge on any atom is -0.393 e. The molecule has 0 unspecified atom stereocenters. The summed E-state index contributed by atoms with van der Waals surface area (Å²) < 4.78 is 0. The minimum atomic E-state index is -0.924. The van der Waals surface area contributed by atoms with E-state index in [2.05, 4.69) is 29.2 Å². The van der Waals surface area contributed by atoms with Crippen LogP contribution >= 0.6 is 0 Å². The van der Waals surface area contributed by atoms with E-state index in [0.29, 0.717) is 13.0 Å². The van der Waals surface area contributed by atoms with E-state index in [-0.39, 0.29) is 6.61 Å². The van der Waals surface area contributed by atoms with Crippen LogP contribution < -0.4 is 0 Å². The van der Waals surface area contributed by atoms with Crippen LogP contribution in [0.2, 0.25) is 0 Å². The predicted octanol–water partition coefficient (Wildman–Crippen LogP) is 1.32. The van der Waals surface area contributed by atoms with Crippen molar-refractivity contribution >= 4 is 0 Å². The van der Waals surface area contributed by atoms with Gasteiger partial charge in [-0.25, -0.2) is 0 Å². The molecule has 1 heterocycles. The van der Waals surface area contributed by atoms with E-state index in [9.17, 15) is 15.3 Å². The van der Waals surface area contributed by atoms with Crippen molar-refractivity contribution in [2.45, 2.75) is 50.9 Å². The number of nitrogens with zero attached hydrogens (tertiary/aromatic N) is 1. The standard InChI is InChI=1S/C17H27NO3/c1-16(2,20)8-7-14-3-5-15(6-4-14)11-18-10-9-17(21,12-18)13-19/h3-6,19-21H,7-13H2,1-2H3/t17-/m1/s1. The molecule has 1 atom stereocenters. The van der Waals surface area contributed by atoms with Gasteiger partial charge in [0, 0.05) is 19.6 Å². The van der Waals surface area contributed by atoms with Gasteiger partial charge in [0.2, 0.25) is 0 Å². The van der Waals surface area contributed by atoms with Crippen LogP contribution in [0.1, 0.15) is 37.8 Å². The Labute approximate surface area is 127 Å². The molecule has 118 valence electrons. The highest BCUT2D eigenvalue weighted by molar-refractivity contribution is 5.23. The van der Waals surface area contributed by atoms with Gasteiger partial charge in [-0.1, -0.05) is 24.3 Å². The van der Waals surface area contributed by atoms with Gasteiger partial charge in [0.05, 0.1) is 12.2 Å². The third-order valence-corrected chi connectivity index (χ3v) is 4.16. The van der Waals surface area contributed by atoms with E-state index in [1.165, 1.54) is 11.1 Å². The molecule has 1 fully saturated rings. The lowest BCUT2D eigenvalue weighted by molar-refractivity contribution is -0.00580. The molecule has 0 spiro atoms. The van der Waals surface area contributed by atoms with Crippen molar-refractivity contribution in [3.8, 4) is 0 Å². The number of hydrogen-bond acceptors (Lipinski definition) is 4. The fourth-order valence-corrected chi connectivity index (χ4v) is 2.72. The molecule has 0 amide bonds. The third-order valence-electron chi connectivity index (χ3n) is 4.16. The number of aliphatic hydroxyl groups excluding tert-OH is 1. The van der Waals surface area contributed by atoms with Crippen molar-refractivity contribution in [3.05, 3.63) is 35.4 Å². The van der Waals surface area contributed by atoms with Crippen molar-refractivity contribution in [2.75, 3.05) is 19.7 Å². The third kappa shape index (κ3) is 5.08. The first-order valence-electron chi connectivity index (χ1n) is 7.65. The highest BCUT2D eigenvalue weighted by atomic mass is 16.3. The zero-order valence-electron chi connectivity index (χ0n) is 13.0. The Bertz CT molecular complexity index is 452. The zero-order chi connectivity index (χ0) is 15.5. The van der Waals surface area contributed by atoms with Gasteiger partial charge in [-0.05, 0) is 44.2 Å². The van der Waals surface area contributed by atoms with Crippen LogP contribution in [0.3, 0.4) is 0 Å². The molecule has 21 heavy (non-hydrogen) atoms. The van der Waals surface area contributed by atoms with Gasteiger partial charge < -0.3 is 15.3 Å². The van der Waals surface area contributed by atoms with Crippen molar-refractivity contribution in [1.29, 1.82) is 0 Å². The van der Waals surface area contributed by atoms with E-state index < -0.39 is 11.2 Å². The Hall–Kier alpha value is -0.940. The quantitative estimate of drug-likeness (QED) is 0.740. The fraction of sp³-hybridized carbons (Fsp3) is 0.647. The van der Waals surface area contributed by atoms with Crippen LogP contribution in [-0.2, 0) is 13.0 Å². The van der Waals surface area contributed by atoms with Gasteiger partial charge in [-0.3, -0.25) is 4.90 Å². The molecular weight excluding hydrogens is 266 g/mol. The average Bonchev–Trinajstić information content (AvgIpc) is 2.79. The van der Waals surface area contributed by atoms with Crippen molar-refractivity contribution in [1.82, 2.24) is 4.90 Å². The van der Waals surface area contributed by atoms with Crippen LogP contribution in [0, 0.1) is 0 Å². The molecule has 1 aromatic rings. The Morgan fingerprint density at radius 3 is 2.33 bits per heavy atom. The second-order valence-corrected chi connectivity index (χ2v) is 6.97. The van der Waals surface area contributed by atoms with Crippen LogP contribution in [-0.4, -0.2) is 51.1 Å². The number of benzene rings is 1. The molecule has 1 aromatic carbocycles. The van der Waals surface area contributed by atoms with Gasteiger partial charge in [0.25, 0.3) is 0 Å². The van der Waals surface area contributed by atoms with E-state index >= 15 is 0 Å². The van der Waals surface area contributed by atoms with Crippen molar-refractivity contribution in [3.63, 3.8) is 0 Å². The van der Waals surface area contributed by atoms with Crippen molar-refractivity contribution < 1.29 is 15.3 Å². The number of hydrogen-bond donors (Lipinski definition) is 3. The molecule has 4 heteroatoms. The fourth-order valence-electron chi connectivity index (χ4n) is 2.72. The minimum absolute atomic E-state index is 0.167. The molecule has 4 nitrogen and oxygen atoms in total. The predicted molar refractivity (Wildman–Crippen MR) is 83.0 cm³/mol. The molecular formula is C17H27NO3. The van der Waals surface area contributed by atoms with Crippen LogP contribution in [0.15, 0.2) is 24.3 Å². The number of rotatable bonds is 6. The summed E-state index contributed by atoms with van der Waals surface area (Å²) >= 11 is 0. The Morgan fingerprint density at radius 2 is 1.81 bits per heavy atom. The number of aliphatic hydroxyl groups is 3. The largest absolute Gasteiger partial charge is 0.393 e. The summed E-state index contributed by atoms with van der Waals surface area (Å²) in [6.07, 6.45) is 2.26. The van der Waals surface area contributed by atoms with Gasteiger partial charge >= 0.3 is 0 Å². The first-order chi connectivity index (χ1) is 9.80. The van der Waals surface area contributed by atoms with Crippen molar-refractivity contribution in [2.24, 2.45) is 0 Å². The van der Waals surface area contributed by atoms with Gasteiger partial charge in [0.15, 0.2) is 0 Å².